The van der Waals surface area contributed by atoms with E-state index in [-0.39, 0.29) is 18.2 Å². The molecule has 0 unspecified atom stereocenters. The van der Waals surface area contributed by atoms with Gasteiger partial charge < -0.3 is 14.4 Å². The molecule has 1 aromatic heterocycles. The monoisotopic (exact) mass is 400 g/mol. The van der Waals surface area contributed by atoms with Gasteiger partial charge >= 0.3 is 6.36 Å². The minimum Gasteiger partial charge on any atom is -0.487 e. The zero-order chi connectivity index (χ0) is 19.4. The van der Waals surface area contributed by atoms with Crippen molar-refractivity contribution in [3.63, 3.8) is 0 Å². The lowest BCUT2D eigenvalue weighted by atomic mass is 10.1. The minimum absolute atomic E-state index is 0.141. The van der Waals surface area contributed by atoms with Crippen molar-refractivity contribution in [2.45, 2.75) is 25.3 Å². The largest absolute Gasteiger partial charge is 0.573 e. The van der Waals surface area contributed by atoms with Gasteiger partial charge in [-0.2, -0.15) is 0 Å². The molecule has 144 valence electrons. The van der Waals surface area contributed by atoms with Crippen LogP contribution in [0.1, 0.15) is 23.2 Å². The zero-order valence-electron chi connectivity index (χ0n) is 14.1. The highest BCUT2D eigenvalue weighted by molar-refractivity contribution is 6.31. The Morgan fingerprint density at radius 2 is 2.00 bits per heavy atom. The maximum atomic E-state index is 12.8. The molecule has 0 radical (unpaired) electrons. The summed E-state index contributed by atoms with van der Waals surface area (Å²) in [4.78, 5) is 18.1. The number of carbonyl (C=O) groups excluding carboxylic acids is 1. The number of benzene rings is 1. The van der Waals surface area contributed by atoms with Gasteiger partial charge in [0.15, 0.2) is 0 Å². The number of amides is 1. The molecule has 0 saturated carbocycles. The third kappa shape index (κ3) is 5.03. The van der Waals surface area contributed by atoms with Crippen molar-refractivity contribution in [2.75, 3.05) is 13.1 Å². The second kappa shape index (κ2) is 8.04. The molecular formula is C18H16ClF3N2O3. The van der Waals surface area contributed by atoms with Crippen molar-refractivity contribution in [1.82, 2.24) is 9.88 Å². The lowest BCUT2D eigenvalue weighted by molar-refractivity contribution is -0.274. The highest BCUT2D eigenvalue weighted by atomic mass is 35.5. The molecule has 0 spiro atoms. The second-order valence-corrected chi connectivity index (χ2v) is 6.39. The topological polar surface area (TPSA) is 51.7 Å². The number of nitrogens with zero attached hydrogens (tertiary/aromatic N) is 2. The molecule has 0 N–H and O–H groups in total. The molecule has 3 rings (SSSR count). The number of alkyl halides is 3. The molecule has 1 aromatic carbocycles. The van der Waals surface area contributed by atoms with E-state index in [1.54, 1.807) is 6.07 Å². The van der Waals surface area contributed by atoms with Gasteiger partial charge in [0.2, 0.25) is 0 Å². The third-order valence-electron chi connectivity index (χ3n) is 4.04. The van der Waals surface area contributed by atoms with Gasteiger partial charge in [0.05, 0.1) is 12.1 Å². The summed E-state index contributed by atoms with van der Waals surface area (Å²) in [5.41, 5.74) is -0.141. The molecule has 0 bridgehead atoms. The Labute approximate surface area is 158 Å². The van der Waals surface area contributed by atoms with Gasteiger partial charge in [-0.15, -0.1) is 13.2 Å². The Bertz CT molecular complexity index is 816. The highest BCUT2D eigenvalue weighted by Gasteiger charge is 2.34. The summed E-state index contributed by atoms with van der Waals surface area (Å²) in [5, 5.41) is 0.352. The van der Waals surface area contributed by atoms with E-state index in [0.717, 1.165) is 6.07 Å². The van der Waals surface area contributed by atoms with E-state index in [1.165, 1.54) is 35.5 Å². The molecule has 5 nitrogen and oxygen atoms in total. The molecule has 2 heterocycles. The van der Waals surface area contributed by atoms with Crippen LogP contribution in [0.4, 0.5) is 13.2 Å². The standard InChI is InChI=1S/C18H16ClF3N2O3/c19-14-10-23-8-7-16(14)26-12-4-3-9-24(11-12)17(25)13-5-1-2-6-15(13)27-18(20,21)22/h1-2,5-8,10,12H,3-4,9,11H2/t12-/m1/s1. The van der Waals surface area contributed by atoms with Gasteiger partial charge in [0.25, 0.3) is 5.91 Å². The number of pyridine rings is 1. The van der Waals surface area contributed by atoms with Crippen molar-refractivity contribution in [3.8, 4) is 11.5 Å². The third-order valence-corrected chi connectivity index (χ3v) is 4.32. The Morgan fingerprint density at radius 3 is 2.74 bits per heavy atom. The molecule has 2 aromatic rings. The number of piperidine rings is 1. The van der Waals surface area contributed by atoms with Crippen molar-refractivity contribution in [1.29, 1.82) is 0 Å². The molecule has 1 saturated heterocycles. The summed E-state index contributed by atoms with van der Waals surface area (Å²) in [6.45, 7) is 0.654. The molecule has 27 heavy (non-hydrogen) atoms. The molecular weight excluding hydrogens is 385 g/mol. The average Bonchev–Trinajstić information content (AvgIpc) is 2.62. The normalized spacial score (nSPS) is 17.5. The lowest BCUT2D eigenvalue weighted by Gasteiger charge is -2.33. The number of hydrogen-bond donors (Lipinski definition) is 0. The van der Waals surface area contributed by atoms with Crippen LogP contribution in [0.15, 0.2) is 42.7 Å². The van der Waals surface area contributed by atoms with Gasteiger partial charge in [-0.3, -0.25) is 9.78 Å². The number of halogens is 4. The fraction of sp³-hybridized carbons (Fsp3) is 0.333. The number of para-hydroxylation sites is 1. The van der Waals surface area contributed by atoms with Crippen molar-refractivity contribution < 1.29 is 27.4 Å². The van der Waals surface area contributed by atoms with Crippen LogP contribution in [0.2, 0.25) is 5.02 Å². The Hall–Kier alpha value is -2.48. The van der Waals surface area contributed by atoms with Crippen molar-refractivity contribution in [3.05, 3.63) is 53.3 Å². The highest BCUT2D eigenvalue weighted by Crippen LogP contribution is 2.29. The molecule has 1 amide bonds. The summed E-state index contributed by atoms with van der Waals surface area (Å²) in [7, 11) is 0. The molecule has 1 aliphatic rings. The maximum absolute atomic E-state index is 12.8. The van der Waals surface area contributed by atoms with Crippen LogP contribution in [-0.2, 0) is 0 Å². The number of carbonyl (C=O) groups is 1. The predicted octanol–water partition coefficient (Wildman–Crippen LogP) is 4.32. The quantitative estimate of drug-likeness (QED) is 0.767. The zero-order valence-corrected chi connectivity index (χ0v) is 14.8. The molecule has 1 aliphatic heterocycles. The van der Waals surface area contributed by atoms with Gasteiger partial charge in [0, 0.05) is 25.0 Å². The van der Waals surface area contributed by atoms with Gasteiger partial charge in [-0.25, -0.2) is 0 Å². The number of aromatic nitrogens is 1. The first-order valence-corrected chi connectivity index (χ1v) is 8.61. The molecule has 0 aliphatic carbocycles. The van der Waals surface area contributed by atoms with Crippen LogP contribution in [0.5, 0.6) is 11.5 Å². The van der Waals surface area contributed by atoms with Crippen LogP contribution >= 0.6 is 11.6 Å². The van der Waals surface area contributed by atoms with Crippen molar-refractivity contribution in [2.24, 2.45) is 0 Å². The first-order chi connectivity index (χ1) is 12.8. The van der Waals surface area contributed by atoms with Gasteiger partial charge in [-0.05, 0) is 25.0 Å². The van der Waals surface area contributed by atoms with E-state index in [0.29, 0.717) is 30.2 Å². The minimum atomic E-state index is -4.87. The van der Waals surface area contributed by atoms with Crippen LogP contribution < -0.4 is 9.47 Å². The summed E-state index contributed by atoms with van der Waals surface area (Å²) >= 11 is 6.03. The van der Waals surface area contributed by atoms with E-state index in [4.69, 9.17) is 16.3 Å². The summed E-state index contributed by atoms with van der Waals surface area (Å²) in [6, 6.07) is 6.93. The number of ether oxygens (including phenoxy) is 2. The maximum Gasteiger partial charge on any atom is 0.573 e. The van der Waals surface area contributed by atoms with E-state index in [2.05, 4.69) is 9.72 Å². The van der Waals surface area contributed by atoms with Gasteiger partial charge in [0.1, 0.15) is 22.6 Å². The van der Waals surface area contributed by atoms with E-state index in [9.17, 15) is 18.0 Å². The fourth-order valence-electron chi connectivity index (χ4n) is 2.88. The number of rotatable bonds is 4. The van der Waals surface area contributed by atoms with Crippen LogP contribution in [0.25, 0.3) is 0 Å². The molecule has 1 fully saturated rings. The Balaban J connectivity index is 1.73. The van der Waals surface area contributed by atoms with E-state index < -0.39 is 18.0 Å². The van der Waals surface area contributed by atoms with Crippen LogP contribution in [0, 0.1) is 0 Å². The van der Waals surface area contributed by atoms with Crippen LogP contribution in [-0.4, -0.2) is 41.3 Å². The molecule has 9 heteroatoms. The second-order valence-electron chi connectivity index (χ2n) is 5.98. The average molecular weight is 401 g/mol. The SMILES string of the molecule is O=C(c1ccccc1OC(F)(F)F)N1CCC[C@@H](Oc2ccncc2Cl)C1. The van der Waals surface area contributed by atoms with E-state index in [1.807, 2.05) is 0 Å². The predicted molar refractivity (Wildman–Crippen MR) is 91.9 cm³/mol. The first-order valence-electron chi connectivity index (χ1n) is 8.24. The summed E-state index contributed by atoms with van der Waals surface area (Å²) < 4.78 is 47.6. The Morgan fingerprint density at radius 1 is 1.22 bits per heavy atom. The first kappa shape index (κ1) is 19.3. The smallest absolute Gasteiger partial charge is 0.487 e. The number of hydrogen-bond acceptors (Lipinski definition) is 4. The number of likely N-dealkylation sites (tertiary alicyclic amines) is 1. The summed E-state index contributed by atoms with van der Waals surface area (Å²) in [6.07, 6.45) is -0.851. The Kier molecular flexibility index (Phi) is 5.74. The fourth-order valence-corrected chi connectivity index (χ4v) is 3.05. The van der Waals surface area contributed by atoms with E-state index >= 15 is 0 Å². The summed E-state index contributed by atoms with van der Waals surface area (Å²) in [5.74, 6) is -0.606. The van der Waals surface area contributed by atoms with Gasteiger partial charge in [-0.1, -0.05) is 23.7 Å². The van der Waals surface area contributed by atoms with Crippen LogP contribution in [0.3, 0.4) is 0 Å². The van der Waals surface area contributed by atoms with Crippen molar-refractivity contribution >= 4 is 17.5 Å². The lowest BCUT2D eigenvalue weighted by Crippen LogP contribution is -2.44. The molecule has 1 atom stereocenters.